The highest BCUT2D eigenvalue weighted by Gasteiger charge is 2.68. The molecule has 1 aromatic carbocycles. The van der Waals surface area contributed by atoms with E-state index in [9.17, 15) is 9.59 Å². The number of halogens is 2. The van der Waals surface area contributed by atoms with Crippen LogP contribution in [0.2, 0.25) is 10.0 Å². The fraction of sp³-hybridized carbons (Fsp3) is 0.409. The normalized spacial score (nSPS) is 23.8. The van der Waals surface area contributed by atoms with Crippen molar-refractivity contribution in [1.82, 2.24) is 10.3 Å². The van der Waals surface area contributed by atoms with Gasteiger partial charge < -0.3 is 15.2 Å². The topological polar surface area (TPSA) is 88.5 Å². The molecule has 3 saturated carbocycles. The zero-order valence-electron chi connectivity index (χ0n) is 16.3. The molecule has 5 rings (SSSR count). The monoisotopic (exact) mass is 448 g/mol. The van der Waals surface area contributed by atoms with Crippen molar-refractivity contribution in [2.75, 3.05) is 13.2 Å². The minimum atomic E-state index is -0.218. The first kappa shape index (κ1) is 21.1. The second kappa shape index (κ2) is 8.17. The molecule has 3 aliphatic carbocycles. The minimum absolute atomic E-state index is 0.0115. The van der Waals surface area contributed by atoms with Crippen LogP contribution in [0.5, 0.6) is 5.75 Å². The quantitative estimate of drug-likeness (QED) is 0.571. The lowest BCUT2D eigenvalue weighted by atomic mass is 9.38. The van der Waals surface area contributed by atoms with E-state index in [4.69, 9.17) is 33.0 Å². The number of benzene rings is 1. The lowest BCUT2D eigenvalue weighted by Crippen LogP contribution is -2.75. The van der Waals surface area contributed by atoms with Gasteiger partial charge in [0, 0.05) is 30.8 Å². The number of aliphatic hydroxyl groups is 1. The number of ketones is 1. The average molecular weight is 449 g/mol. The molecule has 158 valence electrons. The van der Waals surface area contributed by atoms with Crippen LogP contribution in [0, 0.1) is 5.41 Å². The number of hydrogen-bond donors (Lipinski definition) is 2. The van der Waals surface area contributed by atoms with Gasteiger partial charge in [-0.3, -0.25) is 14.6 Å². The van der Waals surface area contributed by atoms with E-state index in [-0.39, 0.29) is 35.9 Å². The number of aromatic nitrogens is 1. The van der Waals surface area contributed by atoms with Crippen LogP contribution < -0.4 is 10.1 Å². The van der Waals surface area contributed by atoms with Crippen molar-refractivity contribution in [1.29, 1.82) is 0 Å². The summed E-state index contributed by atoms with van der Waals surface area (Å²) in [6, 6.07) is 8.41. The Balaban J connectivity index is 1.24. The van der Waals surface area contributed by atoms with Crippen LogP contribution in [0.15, 0.2) is 36.5 Å². The zero-order valence-corrected chi connectivity index (χ0v) is 17.8. The van der Waals surface area contributed by atoms with Crippen LogP contribution in [0.4, 0.5) is 0 Å². The Morgan fingerprint density at radius 1 is 1.13 bits per heavy atom. The van der Waals surface area contributed by atoms with Crippen LogP contribution in [0.3, 0.4) is 0 Å². The van der Waals surface area contributed by atoms with Gasteiger partial charge in [-0.05, 0) is 60.9 Å². The highest BCUT2D eigenvalue weighted by Crippen LogP contribution is 2.69. The number of nitrogens with zero attached hydrogens (tertiary/aromatic N) is 1. The summed E-state index contributed by atoms with van der Waals surface area (Å²) < 4.78 is 5.48. The number of Topliss-reactive ketones (excluding diaryl/α,β-unsaturated/α-hetero) is 1. The minimum Gasteiger partial charge on any atom is -0.484 e. The number of carbonyl (C=O) groups is 2. The highest BCUT2D eigenvalue weighted by atomic mass is 35.5. The van der Waals surface area contributed by atoms with E-state index in [1.807, 2.05) is 0 Å². The van der Waals surface area contributed by atoms with E-state index in [0.29, 0.717) is 34.3 Å². The van der Waals surface area contributed by atoms with Gasteiger partial charge in [0.25, 0.3) is 5.91 Å². The van der Waals surface area contributed by atoms with Crippen molar-refractivity contribution in [2.24, 2.45) is 5.41 Å². The third kappa shape index (κ3) is 4.31. The van der Waals surface area contributed by atoms with Crippen LogP contribution >= 0.6 is 23.2 Å². The van der Waals surface area contributed by atoms with Gasteiger partial charge in [0.2, 0.25) is 0 Å². The third-order valence-corrected chi connectivity index (χ3v) is 6.59. The number of nitrogens with one attached hydrogen (secondary N) is 1. The first-order chi connectivity index (χ1) is 14.3. The van der Waals surface area contributed by atoms with Gasteiger partial charge in [-0.25, -0.2) is 0 Å². The summed E-state index contributed by atoms with van der Waals surface area (Å²) in [7, 11) is 0. The number of pyridine rings is 1. The molecule has 3 aliphatic rings. The van der Waals surface area contributed by atoms with Gasteiger partial charge in [0.15, 0.2) is 12.4 Å². The van der Waals surface area contributed by atoms with Crippen molar-refractivity contribution in [3.8, 4) is 5.75 Å². The first-order valence-electron chi connectivity index (χ1n) is 9.80. The Hall–Kier alpha value is -2.15. The number of carbonyl (C=O) groups excluding carboxylic acids is 2. The Morgan fingerprint density at radius 3 is 2.60 bits per heavy atom. The number of hydrogen-bond acceptors (Lipinski definition) is 5. The molecule has 1 amide bonds. The fourth-order valence-electron chi connectivity index (χ4n) is 4.71. The molecule has 2 N–H and O–H groups in total. The van der Waals surface area contributed by atoms with Crippen molar-refractivity contribution in [3.05, 3.63) is 57.8 Å². The molecule has 30 heavy (non-hydrogen) atoms. The summed E-state index contributed by atoms with van der Waals surface area (Å²) in [5, 5.41) is 12.9. The van der Waals surface area contributed by atoms with E-state index in [1.54, 1.807) is 36.5 Å². The van der Waals surface area contributed by atoms with E-state index in [2.05, 4.69) is 10.3 Å². The predicted octanol–water partition coefficient (Wildman–Crippen LogP) is 3.61. The highest BCUT2D eigenvalue weighted by molar-refractivity contribution is 6.42. The number of aliphatic hydroxyl groups excluding tert-OH is 1. The molecule has 1 aromatic heterocycles. The van der Waals surface area contributed by atoms with Crippen molar-refractivity contribution in [3.63, 3.8) is 0 Å². The maximum atomic E-state index is 12.6. The fourth-order valence-corrected chi connectivity index (χ4v) is 5.00. The molecule has 0 unspecified atom stereocenters. The molecule has 0 radical (unpaired) electrons. The van der Waals surface area contributed by atoms with Crippen molar-refractivity contribution >= 4 is 34.9 Å². The Bertz CT molecular complexity index is 975. The molecule has 0 spiro atoms. The van der Waals surface area contributed by atoms with Gasteiger partial charge in [0.1, 0.15) is 11.4 Å². The van der Waals surface area contributed by atoms with E-state index < -0.39 is 0 Å². The van der Waals surface area contributed by atoms with Crippen LogP contribution in [0.25, 0.3) is 0 Å². The number of amides is 1. The van der Waals surface area contributed by atoms with Crippen molar-refractivity contribution < 1.29 is 19.4 Å². The molecule has 1 heterocycles. The van der Waals surface area contributed by atoms with E-state index >= 15 is 0 Å². The van der Waals surface area contributed by atoms with Gasteiger partial charge >= 0.3 is 0 Å². The molecule has 8 heteroatoms. The maximum Gasteiger partial charge on any atom is 0.258 e. The molecule has 0 atom stereocenters. The summed E-state index contributed by atoms with van der Waals surface area (Å²) in [5.74, 6) is 0.298. The van der Waals surface area contributed by atoms with Gasteiger partial charge in [-0.2, -0.15) is 0 Å². The number of ether oxygens (including phenoxy) is 1. The standard InChI is InChI=1S/C22H22Cl2N2O4/c23-16-2-1-15(8-17(16)24)30-10-20(29)26-22-11-21(12-22,13-22)9-19(28)18-7-14(4-6-27)3-5-25-18/h1-3,5,7-8,27H,4,6,9-13H2,(H,26,29). The summed E-state index contributed by atoms with van der Waals surface area (Å²) in [6.07, 6.45) is 4.92. The molecule has 2 aromatic rings. The summed E-state index contributed by atoms with van der Waals surface area (Å²) in [4.78, 5) is 29.1. The second-order valence-electron chi connectivity index (χ2n) is 8.35. The van der Waals surface area contributed by atoms with Crippen LogP contribution in [-0.2, 0) is 11.2 Å². The summed E-state index contributed by atoms with van der Waals surface area (Å²) in [6.45, 7) is -0.0637. The third-order valence-electron chi connectivity index (χ3n) is 5.85. The van der Waals surface area contributed by atoms with Gasteiger partial charge in [0.05, 0.1) is 10.0 Å². The SMILES string of the molecule is O=C(COc1ccc(Cl)c(Cl)c1)NC12CC(CC(=O)c3cc(CCO)ccn3)(C1)C2. The molecule has 0 aliphatic heterocycles. The smallest absolute Gasteiger partial charge is 0.258 e. The van der Waals surface area contributed by atoms with E-state index in [0.717, 1.165) is 24.8 Å². The largest absolute Gasteiger partial charge is 0.484 e. The second-order valence-corrected chi connectivity index (χ2v) is 9.16. The molecular formula is C22H22Cl2N2O4. The van der Waals surface area contributed by atoms with E-state index in [1.165, 1.54) is 0 Å². The first-order valence-corrected chi connectivity index (χ1v) is 10.6. The summed E-state index contributed by atoms with van der Waals surface area (Å²) >= 11 is 11.8. The molecular weight excluding hydrogens is 427 g/mol. The molecule has 0 saturated heterocycles. The number of rotatable bonds is 9. The Kier molecular flexibility index (Phi) is 5.75. The lowest BCUT2D eigenvalue weighted by Gasteiger charge is -2.70. The van der Waals surface area contributed by atoms with Gasteiger partial charge in [-0.15, -0.1) is 0 Å². The summed E-state index contributed by atoms with van der Waals surface area (Å²) in [5.41, 5.74) is 1.09. The van der Waals surface area contributed by atoms with Crippen molar-refractivity contribution in [2.45, 2.75) is 37.6 Å². The van der Waals surface area contributed by atoms with Gasteiger partial charge in [-0.1, -0.05) is 23.2 Å². The molecule has 6 nitrogen and oxygen atoms in total. The lowest BCUT2D eigenvalue weighted by molar-refractivity contribution is -0.164. The maximum absolute atomic E-state index is 12.6. The molecule has 3 fully saturated rings. The van der Waals surface area contributed by atoms with Crippen LogP contribution in [0.1, 0.15) is 41.7 Å². The Morgan fingerprint density at radius 2 is 1.90 bits per heavy atom. The predicted molar refractivity (Wildman–Crippen MR) is 113 cm³/mol. The zero-order chi connectivity index (χ0) is 21.4. The molecule has 2 bridgehead atoms. The average Bonchev–Trinajstić information content (AvgIpc) is 2.66. The van der Waals surface area contributed by atoms with Crippen LogP contribution in [-0.4, -0.2) is 40.5 Å². The Labute approximate surface area is 184 Å².